The van der Waals surface area contributed by atoms with E-state index in [0.29, 0.717) is 0 Å². The lowest BCUT2D eigenvalue weighted by Crippen LogP contribution is -2.55. The van der Waals surface area contributed by atoms with E-state index >= 15 is 0 Å². The molecule has 2 N–H and O–H groups in total. The maximum atomic E-state index is 11.9. The summed E-state index contributed by atoms with van der Waals surface area (Å²) in [5.74, 6) is 1.86. The maximum Gasteiger partial charge on any atom is 0.239 e. The lowest BCUT2D eigenvalue weighted by atomic mass is 9.79. The second kappa shape index (κ2) is 9.96. The van der Waals surface area contributed by atoms with E-state index in [-0.39, 0.29) is 36.8 Å². The van der Waals surface area contributed by atoms with E-state index in [0.717, 1.165) is 44.1 Å². The van der Waals surface area contributed by atoms with Crippen LogP contribution >= 0.6 is 24.8 Å². The molecule has 2 aliphatic rings. The first kappa shape index (κ1) is 22.0. The first-order valence-corrected chi connectivity index (χ1v) is 8.27. The quantitative estimate of drug-likeness (QED) is 0.847. The van der Waals surface area contributed by atoms with Gasteiger partial charge >= 0.3 is 0 Å². The molecule has 1 saturated carbocycles. The summed E-state index contributed by atoms with van der Waals surface area (Å²) in [6.45, 7) is 10.2. The van der Waals surface area contributed by atoms with E-state index in [1.165, 1.54) is 25.7 Å². The van der Waals surface area contributed by atoms with Crippen LogP contribution in [0.4, 0.5) is 0 Å². The molecule has 0 unspecified atom stereocenters. The molecule has 1 heterocycles. The molecule has 2 rings (SSSR count). The number of hydrogen-bond donors (Lipinski definition) is 1. The van der Waals surface area contributed by atoms with Gasteiger partial charge in [0, 0.05) is 32.2 Å². The van der Waals surface area contributed by atoms with E-state index in [2.05, 4.69) is 18.7 Å². The number of halogens is 2. The van der Waals surface area contributed by atoms with Crippen molar-refractivity contribution in [1.82, 2.24) is 9.80 Å². The third-order valence-corrected chi connectivity index (χ3v) is 5.22. The highest BCUT2D eigenvalue weighted by molar-refractivity contribution is 5.85. The summed E-state index contributed by atoms with van der Waals surface area (Å²) in [7, 11) is 0. The predicted molar refractivity (Wildman–Crippen MR) is 96.9 cm³/mol. The summed E-state index contributed by atoms with van der Waals surface area (Å²) in [6.07, 6.45) is 5.43. The monoisotopic (exact) mass is 353 g/mol. The van der Waals surface area contributed by atoms with Gasteiger partial charge < -0.3 is 10.6 Å². The number of rotatable bonds is 3. The van der Waals surface area contributed by atoms with Crippen LogP contribution in [0.25, 0.3) is 0 Å². The van der Waals surface area contributed by atoms with Gasteiger partial charge in [0.2, 0.25) is 5.91 Å². The lowest BCUT2D eigenvalue weighted by Gasteiger charge is -2.42. The molecule has 0 radical (unpaired) electrons. The van der Waals surface area contributed by atoms with Crippen molar-refractivity contribution in [2.45, 2.75) is 58.5 Å². The number of amides is 1. The van der Waals surface area contributed by atoms with Gasteiger partial charge in [-0.25, -0.2) is 0 Å². The van der Waals surface area contributed by atoms with Crippen molar-refractivity contribution in [2.75, 3.05) is 26.2 Å². The van der Waals surface area contributed by atoms with Crippen LogP contribution in [-0.2, 0) is 4.79 Å². The molecule has 1 amide bonds. The van der Waals surface area contributed by atoms with Crippen LogP contribution < -0.4 is 5.73 Å². The molecule has 22 heavy (non-hydrogen) atoms. The molecule has 4 nitrogen and oxygen atoms in total. The molecular formula is C16H33Cl2N3O. The van der Waals surface area contributed by atoms with Crippen LogP contribution in [0.5, 0.6) is 0 Å². The molecule has 1 atom stereocenters. The van der Waals surface area contributed by atoms with Gasteiger partial charge in [-0.2, -0.15) is 0 Å². The Morgan fingerprint density at radius 1 is 0.955 bits per heavy atom. The van der Waals surface area contributed by atoms with Crippen molar-refractivity contribution in [3.05, 3.63) is 0 Å². The molecule has 6 heteroatoms. The average Bonchev–Trinajstić information content (AvgIpc) is 2.46. The Bertz CT molecular complexity index is 323. The molecular weight excluding hydrogens is 321 g/mol. The Labute approximate surface area is 148 Å². The highest BCUT2D eigenvalue weighted by Crippen LogP contribution is 2.32. The molecule has 1 aliphatic heterocycles. The van der Waals surface area contributed by atoms with Gasteiger partial charge in [-0.3, -0.25) is 9.69 Å². The molecule has 0 aromatic rings. The van der Waals surface area contributed by atoms with E-state index < -0.39 is 0 Å². The van der Waals surface area contributed by atoms with Gasteiger partial charge in [-0.15, -0.1) is 24.8 Å². The summed E-state index contributed by atoms with van der Waals surface area (Å²) >= 11 is 0. The van der Waals surface area contributed by atoms with E-state index in [9.17, 15) is 4.79 Å². The summed E-state index contributed by atoms with van der Waals surface area (Å²) < 4.78 is 0. The van der Waals surface area contributed by atoms with Gasteiger partial charge in [0.1, 0.15) is 0 Å². The van der Waals surface area contributed by atoms with Gasteiger partial charge in [0.25, 0.3) is 0 Å². The molecule has 1 saturated heterocycles. The van der Waals surface area contributed by atoms with Crippen molar-refractivity contribution in [3.8, 4) is 0 Å². The standard InChI is InChI=1S/C16H31N3O.2ClH/c1-12(2)14-4-6-15(7-5-14)18-8-10-19(11-9-18)16(20)13(3)17;;/h12-15H,4-11,17H2,1-3H3;2*1H/t13-,14?,15?;;/m1../s1. The smallest absolute Gasteiger partial charge is 0.239 e. The largest absolute Gasteiger partial charge is 0.339 e. The van der Waals surface area contributed by atoms with Crippen molar-refractivity contribution >= 4 is 30.7 Å². The second-order valence-corrected chi connectivity index (χ2v) is 6.96. The number of nitrogens with zero attached hydrogens (tertiary/aromatic N) is 2. The fourth-order valence-electron chi connectivity index (χ4n) is 3.73. The van der Waals surface area contributed by atoms with E-state index in [1.54, 1.807) is 6.92 Å². The highest BCUT2D eigenvalue weighted by atomic mass is 35.5. The van der Waals surface area contributed by atoms with Crippen LogP contribution in [0.15, 0.2) is 0 Å². The Balaban J connectivity index is 0.00000220. The molecule has 0 aromatic carbocycles. The number of carbonyl (C=O) groups is 1. The minimum absolute atomic E-state index is 0. The van der Waals surface area contributed by atoms with Crippen LogP contribution in [0.1, 0.15) is 46.5 Å². The zero-order chi connectivity index (χ0) is 14.7. The zero-order valence-electron chi connectivity index (χ0n) is 14.2. The van der Waals surface area contributed by atoms with Crippen molar-refractivity contribution in [3.63, 3.8) is 0 Å². The fourth-order valence-corrected chi connectivity index (χ4v) is 3.73. The Hall–Kier alpha value is -0.0300. The summed E-state index contributed by atoms with van der Waals surface area (Å²) in [5, 5.41) is 0. The SMILES string of the molecule is CC(C)C1CCC(N2CCN(C(=O)[C@@H](C)N)CC2)CC1.Cl.Cl. The zero-order valence-corrected chi connectivity index (χ0v) is 15.8. The maximum absolute atomic E-state index is 11.9. The second-order valence-electron chi connectivity index (χ2n) is 6.96. The lowest BCUT2D eigenvalue weighted by molar-refractivity contribution is -0.134. The molecule has 0 spiro atoms. The topological polar surface area (TPSA) is 49.6 Å². The Morgan fingerprint density at radius 2 is 1.45 bits per heavy atom. The third kappa shape index (κ3) is 5.55. The van der Waals surface area contributed by atoms with Gasteiger partial charge in [0.15, 0.2) is 0 Å². The number of carbonyl (C=O) groups excluding carboxylic acids is 1. The minimum Gasteiger partial charge on any atom is -0.339 e. The Morgan fingerprint density at radius 3 is 1.86 bits per heavy atom. The van der Waals surface area contributed by atoms with E-state index in [1.807, 2.05) is 4.90 Å². The molecule has 132 valence electrons. The fraction of sp³-hybridized carbons (Fsp3) is 0.938. The van der Waals surface area contributed by atoms with Crippen LogP contribution in [0.3, 0.4) is 0 Å². The molecule has 2 fully saturated rings. The van der Waals surface area contributed by atoms with Crippen LogP contribution in [-0.4, -0.2) is 54.0 Å². The summed E-state index contributed by atoms with van der Waals surface area (Å²) in [4.78, 5) is 16.4. The molecule has 0 bridgehead atoms. The van der Waals surface area contributed by atoms with Crippen molar-refractivity contribution in [1.29, 1.82) is 0 Å². The number of nitrogens with two attached hydrogens (primary N) is 1. The third-order valence-electron chi connectivity index (χ3n) is 5.22. The van der Waals surface area contributed by atoms with Gasteiger partial charge in [0.05, 0.1) is 6.04 Å². The van der Waals surface area contributed by atoms with Crippen molar-refractivity contribution in [2.24, 2.45) is 17.6 Å². The first-order valence-electron chi connectivity index (χ1n) is 8.27. The summed E-state index contributed by atoms with van der Waals surface area (Å²) in [5.41, 5.74) is 5.68. The average molecular weight is 354 g/mol. The van der Waals surface area contributed by atoms with Gasteiger partial charge in [-0.1, -0.05) is 13.8 Å². The number of hydrogen-bond acceptors (Lipinski definition) is 3. The highest BCUT2D eigenvalue weighted by Gasteiger charge is 2.30. The van der Waals surface area contributed by atoms with E-state index in [4.69, 9.17) is 5.73 Å². The summed E-state index contributed by atoms with van der Waals surface area (Å²) in [6, 6.07) is 0.389. The normalized spacial score (nSPS) is 27.8. The minimum atomic E-state index is -0.358. The van der Waals surface area contributed by atoms with Gasteiger partial charge in [-0.05, 0) is 44.4 Å². The van der Waals surface area contributed by atoms with Crippen LogP contribution in [0, 0.1) is 11.8 Å². The Kier molecular flexibility index (Phi) is 9.95. The predicted octanol–water partition coefficient (Wildman–Crippen LogP) is 2.54. The van der Waals surface area contributed by atoms with Crippen LogP contribution in [0.2, 0.25) is 0 Å². The number of piperazine rings is 1. The van der Waals surface area contributed by atoms with Crippen molar-refractivity contribution < 1.29 is 4.79 Å². The molecule has 0 aromatic heterocycles. The first-order chi connectivity index (χ1) is 9.49. The molecule has 1 aliphatic carbocycles.